The summed E-state index contributed by atoms with van der Waals surface area (Å²) in [5, 5.41) is 0. The molecule has 1 aromatic rings. The van der Waals surface area contributed by atoms with Crippen molar-refractivity contribution in [3.63, 3.8) is 0 Å². The van der Waals surface area contributed by atoms with Crippen molar-refractivity contribution in [2.45, 2.75) is 52.9 Å². The number of rotatable bonds is 4. The Balaban J connectivity index is 2.41. The van der Waals surface area contributed by atoms with Crippen LogP contribution >= 0.6 is 0 Å². The van der Waals surface area contributed by atoms with E-state index in [1.807, 2.05) is 0 Å². The SMILES string of the molecule is COc1cc(C)cc(C)c1C1CC(C(C)C)CCC1CN. The first-order valence-corrected chi connectivity index (χ1v) is 8.33. The highest BCUT2D eigenvalue weighted by atomic mass is 16.5. The molecule has 1 aromatic carbocycles. The van der Waals surface area contributed by atoms with Crippen molar-refractivity contribution in [3.05, 3.63) is 28.8 Å². The molecule has 1 saturated carbocycles. The quantitative estimate of drug-likeness (QED) is 0.890. The summed E-state index contributed by atoms with van der Waals surface area (Å²) in [7, 11) is 1.79. The molecule has 0 bridgehead atoms. The van der Waals surface area contributed by atoms with Crippen LogP contribution in [0.1, 0.15) is 55.7 Å². The molecule has 2 nitrogen and oxygen atoms in total. The summed E-state index contributed by atoms with van der Waals surface area (Å²) in [6.45, 7) is 9.84. The Morgan fingerprint density at radius 2 is 1.95 bits per heavy atom. The molecule has 0 saturated heterocycles. The molecule has 0 aromatic heterocycles. The van der Waals surface area contributed by atoms with E-state index < -0.39 is 0 Å². The van der Waals surface area contributed by atoms with E-state index in [1.165, 1.54) is 36.0 Å². The van der Waals surface area contributed by atoms with Gasteiger partial charge in [0.15, 0.2) is 0 Å². The molecule has 1 aliphatic rings. The van der Waals surface area contributed by atoms with Gasteiger partial charge in [-0.25, -0.2) is 0 Å². The molecule has 2 rings (SSSR count). The minimum Gasteiger partial charge on any atom is -0.496 e. The fraction of sp³-hybridized carbons (Fsp3) is 0.684. The van der Waals surface area contributed by atoms with Gasteiger partial charge in [-0.2, -0.15) is 0 Å². The van der Waals surface area contributed by atoms with Crippen molar-refractivity contribution in [2.75, 3.05) is 13.7 Å². The fourth-order valence-electron chi connectivity index (χ4n) is 4.09. The lowest BCUT2D eigenvalue weighted by atomic mass is 9.67. The number of aryl methyl sites for hydroxylation is 2. The largest absolute Gasteiger partial charge is 0.496 e. The van der Waals surface area contributed by atoms with Crippen LogP contribution in [0.5, 0.6) is 5.75 Å². The van der Waals surface area contributed by atoms with Crippen LogP contribution in [0.3, 0.4) is 0 Å². The standard InChI is InChI=1S/C19H31NO/c1-12(2)15-6-7-16(11-20)17(10-15)19-14(4)8-13(3)9-18(19)21-5/h8-9,12,15-17H,6-7,10-11,20H2,1-5H3. The lowest BCUT2D eigenvalue weighted by Gasteiger charge is -2.39. The van der Waals surface area contributed by atoms with Gasteiger partial charge in [-0.3, -0.25) is 0 Å². The molecule has 0 amide bonds. The highest BCUT2D eigenvalue weighted by Gasteiger charge is 2.34. The summed E-state index contributed by atoms with van der Waals surface area (Å²) < 4.78 is 5.71. The van der Waals surface area contributed by atoms with Gasteiger partial charge < -0.3 is 10.5 Å². The molecule has 21 heavy (non-hydrogen) atoms. The molecule has 0 radical (unpaired) electrons. The van der Waals surface area contributed by atoms with Gasteiger partial charge in [0, 0.05) is 5.56 Å². The molecule has 2 N–H and O–H groups in total. The second-order valence-electron chi connectivity index (χ2n) is 7.12. The molecule has 0 heterocycles. The minimum atomic E-state index is 0.548. The van der Waals surface area contributed by atoms with Crippen molar-refractivity contribution in [1.82, 2.24) is 0 Å². The van der Waals surface area contributed by atoms with Gasteiger partial charge in [-0.1, -0.05) is 19.9 Å². The number of hydrogen-bond acceptors (Lipinski definition) is 2. The van der Waals surface area contributed by atoms with E-state index in [4.69, 9.17) is 10.5 Å². The predicted octanol–water partition coefficient (Wildman–Crippen LogP) is 4.43. The lowest BCUT2D eigenvalue weighted by Crippen LogP contribution is -2.31. The van der Waals surface area contributed by atoms with Crippen LogP contribution in [0.2, 0.25) is 0 Å². The Labute approximate surface area is 130 Å². The third-order valence-electron chi connectivity index (χ3n) is 5.36. The van der Waals surface area contributed by atoms with Crippen molar-refractivity contribution in [1.29, 1.82) is 0 Å². The number of benzene rings is 1. The Bertz CT molecular complexity index is 481. The third-order valence-corrected chi connectivity index (χ3v) is 5.36. The summed E-state index contributed by atoms with van der Waals surface area (Å²) in [5.41, 5.74) is 10.1. The predicted molar refractivity (Wildman–Crippen MR) is 89.9 cm³/mol. The van der Waals surface area contributed by atoms with Crippen molar-refractivity contribution in [2.24, 2.45) is 23.5 Å². The average Bonchev–Trinajstić information content (AvgIpc) is 2.45. The molecular formula is C19H31NO. The van der Waals surface area contributed by atoms with Crippen LogP contribution in [-0.2, 0) is 0 Å². The highest BCUT2D eigenvalue weighted by molar-refractivity contribution is 5.46. The molecular weight excluding hydrogens is 258 g/mol. The van der Waals surface area contributed by atoms with E-state index in [0.717, 1.165) is 24.1 Å². The average molecular weight is 289 g/mol. The van der Waals surface area contributed by atoms with Crippen LogP contribution in [0.15, 0.2) is 12.1 Å². The third kappa shape index (κ3) is 3.42. The summed E-state index contributed by atoms with van der Waals surface area (Å²) in [4.78, 5) is 0. The maximum atomic E-state index is 6.08. The maximum absolute atomic E-state index is 6.08. The normalized spacial score (nSPS) is 26.1. The Morgan fingerprint density at radius 1 is 1.24 bits per heavy atom. The van der Waals surface area contributed by atoms with Gasteiger partial charge in [-0.15, -0.1) is 0 Å². The van der Waals surface area contributed by atoms with Crippen molar-refractivity contribution >= 4 is 0 Å². The zero-order chi connectivity index (χ0) is 15.6. The number of nitrogens with two attached hydrogens (primary N) is 1. The number of ether oxygens (including phenoxy) is 1. The zero-order valence-electron chi connectivity index (χ0n) is 14.3. The van der Waals surface area contributed by atoms with E-state index >= 15 is 0 Å². The van der Waals surface area contributed by atoms with Crippen LogP contribution in [0.4, 0.5) is 0 Å². The molecule has 1 aliphatic carbocycles. The number of hydrogen-bond donors (Lipinski definition) is 1. The van der Waals surface area contributed by atoms with Gasteiger partial charge in [0.25, 0.3) is 0 Å². The van der Waals surface area contributed by atoms with E-state index in [-0.39, 0.29) is 0 Å². The molecule has 0 aliphatic heterocycles. The summed E-state index contributed by atoms with van der Waals surface area (Å²) in [6, 6.07) is 4.46. The summed E-state index contributed by atoms with van der Waals surface area (Å²) >= 11 is 0. The van der Waals surface area contributed by atoms with Crippen LogP contribution < -0.4 is 10.5 Å². The maximum Gasteiger partial charge on any atom is 0.122 e. The first-order valence-electron chi connectivity index (χ1n) is 8.33. The first-order chi connectivity index (χ1) is 9.97. The molecule has 1 fully saturated rings. The van der Waals surface area contributed by atoms with Crippen molar-refractivity contribution < 1.29 is 4.74 Å². The van der Waals surface area contributed by atoms with Gasteiger partial charge in [-0.05, 0) is 80.5 Å². The second kappa shape index (κ2) is 6.83. The van der Waals surface area contributed by atoms with E-state index in [2.05, 4.69) is 39.8 Å². The monoisotopic (exact) mass is 289 g/mol. The van der Waals surface area contributed by atoms with Crippen molar-refractivity contribution in [3.8, 4) is 5.75 Å². The Kier molecular flexibility index (Phi) is 5.32. The van der Waals surface area contributed by atoms with E-state index in [9.17, 15) is 0 Å². The van der Waals surface area contributed by atoms with Gasteiger partial charge >= 0.3 is 0 Å². The van der Waals surface area contributed by atoms with Crippen LogP contribution in [-0.4, -0.2) is 13.7 Å². The molecule has 3 atom stereocenters. The Hall–Kier alpha value is -1.02. The van der Waals surface area contributed by atoms with Crippen LogP contribution in [0, 0.1) is 31.6 Å². The molecule has 0 spiro atoms. The smallest absolute Gasteiger partial charge is 0.122 e. The number of methoxy groups -OCH3 is 1. The highest BCUT2D eigenvalue weighted by Crippen LogP contribution is 2.46. The van der Waals surface area contributed by atoms with Gasteiger partial charge in [0.2, 0.25) is 0 Å². The summed E-state index contributed by atoms with van der Waals surface area (Å²) in [5.74, 6) is 3.76. The van der Waals surface area contributed by atoms with Gasteiger partial charge in [0.05, 0.1) is 7.11 Å². The molecule has 3 unspecified atom stereocenters. The summed E-state index contributed by atoms with van der Waals surface area (Å²) in [6.07, 6.45) is 3.82. The Morgan fingerprint density at radius 3 is 2.52 bits per heavy atom. The first kappa shape index (κ1) is 16.4. The topological polar surface area (TPSA) is 35.2 Å². The van der Waals surface area contributed by atoms with Gasteiger partial charge in [0.1, 0.15) is 5.75 Å². The fourth-order valence-corrected chi connectivity index (χ4v) is 4.09. The van der Waals surface area contributed by atoms with Crippen LogP contribution in [0.25, 0.3) is 0 Å². The zero-order valence-corrected chi connectivity index (χ0v) is 14.3. The van der Waals surface area contributed by atoms with E-state index in [0.29, 0.717) is 11.8 Å². The lowest BCUT2D eigenvalue weighted by molar-refractivity contribution is 0.194. The molecule has 118 valence electrons. The van der Waals surface area contributed by atoms with E-state index in [1.54, 1.807) is 7.11 Å². The minimum absolute atomic E-state index is 0.548. The second-order valence-corrected chi connectivity index (χ2v) is 7.12. The molecule has 2 heteroatoms.